The maximum atomic E-state index is 13.8. The second-order valence-electron chi connectivity index (χ2n) is 3.72. The molecule has 18 heavy (non-hydrogen) atoms. The predicted molar refractivity (Wildman–Crippen MR) is 73.5 cm³/mol. The first kappa shape index (κ1) is 14.5. The summed E-state index contributed by atoms with van der Waals surface area (Å²) in [6.07, 6.45) is 0. The van der Waals surface area contributed by atoms with Crippen LogP contribution in [0.5, 0.6) is 5.75 Å². The highest BCUT2D eigenvalue weighted by Gasteiger charge is 2.10. The van der Waals surface area contributed by atoms with Crippen molar-refractivity contribution in [2.45, 2.75) is 6.54 Å². The largest absolute Gasteiger partial charge is 0.496 e. The summed E-state index contributed by atoms with van der Waals surface area (Å²) in [5.74, 6) is 0.246. The van der Waals surface area contributed by atoms with E-state index in [1.165, 1.54) is 13.2 Å². The average molecular weight is 268 g/mol. The summed E-state index contributed by atoms with van der Waals surface area (Å²) < 4.78 is 19.0. The molecule has 0 spiro atoms. The molecule has 96 valence electrons. The standard InChI is InChI=1S/C14H14FNO.ClH/c1-17-13-4-2-3-12(15)14(13)11-7-5-10(9-16)6-8-11;/h2-8H,9,16H2,1H3;1H. The Labute approximate surface area is 112 Å². The van der Waals surface area contributed by atoms with Crippen LogP contribution in [0.2, 0.25) is 0 Å². The lowest BCUT2D eigenvalue weighted by molar-refractivity contribution is 0.413. The Hall–Kier alpha value is -1.58. The lowest BCUT2D eigenvalue weighted by Crippen LogP contribution is -1.96. The van der Waals surface area contributed by atoms with Crippen molar-refractivity contribution in [3.8, 4) is 16.9 Å². The van der Waals surface area contributed by atoms with Gasteiger partial charge in [0.25, 0.3) is 0 Å². The van der Waals surface area contributed by atoms with Crippen molar-refractivity contribution in [2.75, 3.05) is 7.11 Å². The number of hydrogen-bond acceptors (Lipinski definition) is 2. The maximum Gasteiger partial charge on any atom is 0.134 e. The molecule has 2 N–H and O–H groups in total. The van der Waals surface area contributed by atoms with Crippen LogP contribution in [0.1, 0.15) is 5.56 Å². The number of halogens is 2. The Morgan fingerprint density at radius 1 is 1.11 bits per heavy atom. The van der Waals surface area contributed by atoms with Crippen molar-refractivity contribution in [2.24, 2.45) is 5.73 Å². The number of benzene rings is 2. The van der Waals surface area contributed by atoms with Crippen molar-refractivity contribution < 1.29 is 9.13 Å². The molecule has 0 aliphatic heterocycles. The molecule has 0 saturated carbocycles. The van der Waals surface area contributed by atoms with Gasteiger partial charge in [0, 0.05) is 6.54 Å². The molecule has 0 unspecified atom stereocenters. The minimum absolute atomic E-state index is 0. The Morgan fingerprint density at radius 2 is 1.78 bits per heavy atom. The molecule has 0 radical (unpaired) electrons. The van der Waals surface area contributed by atoms with E-state index in [1.54, 1.807) is 12.1 Å². The van der Waals surface area contributed by atoms with Gasteiger partial charge in [-0.15, -0.1) is 12.4 Å². The minimum Gasteiger partial charge on any atom is -0.496 e. The SMILES string of the molecule is COc1cccc(F)c1-c1ccc(CN)cc1.Cl. The molecule has 2 nitrogen and oxygen atoms in total. The molecule has 2 rings (SSSR count). The number of hydrogen-bond donors (Lipinski definition) is 1. The normalized spacial score (nSPS) is 9.72. The highest BCUT2D eigenvalue weighted by Crippen LogP contribution is 2.32. The third-order valence-electron chi connectivity index (χ3n) is 2.67. The molecule has 0 bridgehead atoms. The van der Waals surface area contributed by atoms with Crippen molar-refractivity contribution >= 4 is 12.4 Å². The van der Waals surface area contributed by atoms with E-state index in [2.05, 4.69) is 0 Å². The lowest BCUT2D eigenvalue weighted by Gasteiger charge is -2.10. The van der Waals surface area contributed by atoms with Gasteiger partial charge in [0.15, 0.2) is 0 Å². The Kier molecular flexibility index (Phi) is 5.13. The molecule has 4 heteroatoms. The van der Waals surface area contributed by atoms with Gasteiger partial charge in [-0.05, 0) is 23.3 Å². The van der Waals surface area contributed by atoms with Gasteiger partial charge in [0.2, 0.25) is 0 Å². The molecule has 0 saturated heterocycles. The zero-order chi connectivity index (χ0) is 12.3. The summed E-state index contributed by atoms with van der Waals surface area (Å²) in [5, 5.41) is 0. The van der Waals surface area contributed by atoms with Gasteiger partial charge in [-0.2, -0.15) is 0 Å². The first-order chi connectivity index (χ1) is 8.26. The second-order valence-corrected chi connectivity index (χ2v) is 3.72. The van der Waals surface area contributed by atoms with Gasteiger partial charge < -0.3 is 10.5 Å². The van der Waals surface area contributed by atoms with Gasteiger partial charge in [-0.3, -0.25) is 0 Å². The van der Waals surface area contributed by atoms with Crippen LogP contribution in [0.15, 0.2) is 42.5 Å². The average Bonchev–Trinajstić information content (AvgIpc) is 2.38. The molecule has 0 aromatic heterocycles. The smallest absolute Gasteiger partial charge is 0.134 e. The van der Waals surface area contributed by atoms with E-state index in [0.29, 0.717) is 17.9 Å². The first-order valence-corrected chi connectivity index (χ1v) is 5.38. The monoisotopic (exact) mass is 267 g/mol. The zero-order valence-electron chi connectivity index (χ0n) is 10.0. The summed E-state index contributed by atoms with van der Waals surface area (Å²) in [7, 11) is 1.53. The molecule has 0 aliphatic rings. The van der Waals surface area contributed by atoms with Crippen LogP contribution < -0.4 is 10.5 Å². The van der Waals surface area contributed by atoms with E-state index >= 15 is 0 Å². The summed E-state index contributed by atoms with van der Waals surface area (Å²) in [6, 6.07) is 12.3. The highest BCUT2D eigenvalue weighted by atomic mass is 35.5. The molecule has 0 amide bonds. The third kappa shape index (κ3) is 2.81. The van der Waals surface area contributed by atoms with Crippen LogP contribution in [0.4, 0.5) is 4.39 Å². The van der Waals surface area contributed by atoms with Gasteiger partial charge in [0.05, 0.1) is 12.7 Å². The van der Waals surface area contributed by atoms with Crippen molar-refractivity contribution in [1.82, 2.24) is 0 Å². The maximum absolute atomic E-state index is 13.8. The van der Waals surface area contributed by atoms with Crippen molar-refractivity contribution in [3.63, 3.8) is 0 Å². The number of methoxy groups -OCH3 is 1. The number of ether oxygens (including phenoxy) is 1. The number of rotatable bonds is 3. The van der Waals surface area contributed by atoms with Crippen LogP contribution in [0.3, 0.4) is 0 Å². The molecule has 2 aromatic rings. The number of nitrogens with two attached hydrogens (primary N) is 1. The molecule has 0 aliphatic carbocycles. The zero-order valence-corrected chi connectivity index (χ0v) is 10.8. The molecular weight excluding hydrogens is 253 g/mol. The fourth-order valence-corrected chi connectivity index (χ4v) is 1.76. The van der Waals surface area contributed by atoms with E-state index < -0.39 is 0 Å². The molecular formula is C14H15ClFNO. The first-order valence-electron chi connectivity index (χ1n) is 5.38. The van der Waals surface area contributed by atoms with Crippen LogP contribution in [0, 0.1) is 5.82 Å². The van der Waals surface area contributed by atoms with E-state index in [-0.39, 0.29) is 18.2 Å². The van der Waals surface area contributed by atoms with E-state index in [9.17, 15) is 4.39 Å². The molecule has 2 aromatic carbocycles. The van der Waals surface area contributed by atoms with Crippen LogP contribution in [-0.4, -0.2) is 7.11 Å². The predicted octanol–water partition coefficient (Wildman–Crippen LogP) is 3.38. The minimum atomic E-state index is -0.287. The fourth-order valence-electron chi connectivity index (χ4n) is 1.76. The molecule has 0 atom stereocenters. The Morgan fingerprint density at radius 3 is 2.33 bits per heavy atom. The highest BCUT2D eigenvalue weighted by molar-refractivity contribution is 5.85. The van der Waals surface area contributed by atoms with Crippen LogP contribution >= 0.6 is 12.4 Å². The van der Waals surface area contributed by atoms with Crippen LogP contribution in [-0.2, 0) is 6.54 Å². The fraction of sp³-hybridized carbons (Fsp3) is 0.143. The molecule has 0 heterocycles. The summed E-state index contributed by atoms with van der Waals surface area (Å²) in [5.41, 5.74) is 7.82. The van der Waals surface area contributed by atoms with Crippen molar-refractivity contribution in [3.05, 3.63) is 53.8 Å². The van der Waals surface area contributed by atoms with Crippen LogP contribution in [0.25, 0.3) is 11.1 Å². The van der Waals surface area contributed by atoms with E-state index in [4.69, 9.17) is 10.5 Å². The van der Waals surface area contributed by atoms with Gasteiger partial charge >= 0.3 is 0 Å². The van der Waals surface area contributed by atoms with Gasteiger partial charge in [0.1, 0.15) is 11.6 Å². The quantitative estimate of drug-likeness (QED) is 0.925. The third-order valence-corrected chi connectivity index (χ3v) is 2.67. The Bertz CT molecular complexity index is 514. The van der Waals surface area contributed by atoms with E-state index in [0.717, 1.165) is 11.1 Å². The van der Waals surface area contributed by atoms with Gasteiger partial charge in [-0.25, -0.2) is 4.39 Å². The second kappa shape index (κ2) is 6.38. The van der Waals surface area contributed by atoms with Gasteiger partial charge in [-0.1, -0.05) is 30.3 Å². The molecule has 0 fully saturated rings. The summed E-state index contributed by atoms with van der Waals surface area (Å²) in [4.78, 5) is 0. The van der Waals surface area contributed by atoms with E-state index in [1.807, 2.05) is 24.3 Å². The Balaban J connectivity index is 0.00000162. The van der Waals surface area contributed by atoms with Crippen molar-refractivity contribution in [1.29, 1.82) is 0 Å². The summed E-state index contributed by atoms with van der Waals surface area (Å²) >= 11 is 0. The topological polar surface area (TPSA) is 35.2 Å². The summed E-state index contributed by atoms with van der Waals surface area (Å²) in [6.45, 7) is 0.481. The lowest BCUT2D eigenvalue weighted by atomic mass is 10.0.